The van der Waals surface area contributed by atoms with Gasteiger partial charge in [0, 0.05) is 0 Å². The quantitative estimate of drug-likeness (QED) is 0.731. The van der Waals surface area contributed by atoms with E-state index in [0.717, 1.165) is 17.9 Å². The molecule has 16 heavy (non-hydrogen) atoms. The molecule has 1 aliphatic rings. The lowest BCUT2D eigenvalue weighted by Crippen LogP contribution is -2.02. The van der Waals surface area contributed by atoms with E-state index in [1.54, 1.807) is 0 Å². The van der Waals surface area contributed by atoms with E-state index in [9.17, 15) is 0 Å². The van der Waals surface area contributed by atoms with Crippen molar-refractivity contribution in [2.24, 2.45) is 5.92 Å². The van der Waals surface area contributed by atoms with Crippen molar-refractivity contribution in [3.63, 3.8) is 0 Å². The first-order valence-corrected chi connectivity index (χ1v) is 5.91. The van der Waals surface area contributed by atoms with Crippen molar-refractivity contribution in [2.75, 3.05) is 0 Å². The lowest BCUT2D eigenvalue weighted by molar-refractivity contribution is 0.432. The molecule has 2 rings (SSSR count). The maximum Gasteiger partial charge on any atom is 0.127 e. The maximum atomic E-state index is 5.78. The summed E-state index contributed by atoms with van der Waals surface area (Å²) in [5.74, 6) is 2.57. The Morgan fingerprint density at radius 1 is 1.25 bits per heavy atom. The van der Waals surface area contributed by atoms with Crippen LogP contribution in [0.2, 0.25) is 0 Å². The smallest absolute Gasteiger partial charge is 0.127 e. The average Bonchev–Trinajstić information content (AvgIpc) is 2.33. The van der Waals surface area contributed by atoms with E-state index in [2.05, 4.69) is 44.2 Å². The first kappa shape index (κ1) is 11.0. The fraction of sp³-hybridized carbons (Fsp3) is 0.333. The monoisotopic (exact) mass is 214 g/mol. The van der Waals surface area contributed by atoms with E-state index in [1.165, 1.54) is 12.0 Å². The van der Waals surface area contributed by atoms with Crippen molar-refractivity contribution < 1.29 is 4.74 Å². The molecule has 0 radical (unpaired) electrons. The molecule has 1 heteroatoms. The molecule has 1 aromatic rings. The van der Waals surface area contributed by atoms with E-state index in [1.807, 2.05) is 12.1 Å². The lowest BCUT2D eigenvalue weighted by atomic mass is 9.98. The Labute approximate surface area is 97.4 Å². The molecule has 0 spiro atoms. The van der Waals surface area contributed by atoms with Crippen LogP contribution in [0.3, 0.4) is 0 Å². The maximum absolute atomic E-state index is 5.78. The van der Waals surface area contributed by atoms with E-state index in [0.29, 0.717) is 5.92 Å². The van der Waals surface area contributed by atoms with Gasteiger partial charge in [-0.25, -0.2) is 0 Å². The number of hydrogen-bond donors (Lipinski definition) is 0. The summed E-state index contributed by atoms with van der Waals surface area (Å²) in [5, 5.41) is 0. The molecule has 1 aliphatic carbocycles. The third-order valence-electron chi connectivity index (χ3n) is 2.94. The van der Waals surface area contributed by atoms with Crippen LogP contribution in [-0.4, -0.2) is 0 Å². The Kier molecular flexibility index (Phi) is 3.45. The summed E-state index contributed by atoms with van der Waals surface area (Å²) < 4.78 is 5.78. The average molecular weight is 214 g/mol. The van der Waals surface area contributed by atoms with Gasteiger partial charge in [-0.1, -0.05) is 30.7 Å². The first-order chi connectivity index (χ1) is 7.78. The van der Waals surface area contributed by atoms with Crippen molar-refractivity contribution in [1.29, 1.82) is 0 Å². The molecular formula is C15H18O. The van der Waals surface area contributed by atoms with Gasteiger partial charge >= 0.3 is 0 Å². The number of rotatable bonds is 3. The van der Waals surface area contributed by atoms with Crippen molar-refractivity contribution in [1.82, 2.24) is 0 Å². The van der Waals surface area contributed by atoms with Crippen LogP contribution < -0.4 is 4.74 Å². The predicted octanol–water partition coefficient (Wildman–Crippen LogP) is 4.24. The summed E-state index contributed by atoms with van der Waals surface area (Å²) in [4.78, 5) is 0. The van der Waals surface area contributed by atoms with E-state index < -0.39 is 0 Å². The van der Waals surface area contributed by atoms with Gasteiger partial charge in [0.1, 0.15) is 11.5 Å². The molecule has 1 atom stereocenters. The third-order valence-corrected chi connectivity index (χ3v) is 2.94. The van der Waals surface area contributed by atoms with Gasteiger partial charge in [0.15, 0.2) is 0 Å². The van der Waals surface area contributed by atoms with Gasteiger partial charge in [-0.05, 0) is 50.0 Å². The van der Waals surface area contributed by atoms with Gasteiger partial charge < -0.3 is 4.74 Å². The molecule has 0 amide bonds. The van der Waals surface area contributed by atoms with E-state index in [4.69, 9.17) is 4.74 Å². The highest BCUT2D eigenvalue weighted by Gasteiger charge is 2.07. The van der Waals surface area contributed by atoms with Crippen molar-refractivity contribution in [3.05, 3.63) is 53.8 Å². The normalized spacial score (nSPS) is 19.4. The zero-order valence-corrected chi connectivity index (χ0v) is 9.94. The largest absolute Gasteiger partial charge is 0.458 e. The Bertz CT molecular complexity index is 398. The van der Waals surface area contributed by atoms with Crippen LogP contribution in [0.5, 0.6) is 5.75 Å². The van der Waals surface area contributed by atoms with E-state index >= 15 is 0 Å². The summed E-state index contributed by atoms with van der Waals surface area (Å²) >= 11 is 0. The number of hydrogen-bond acceptors (Lipinski definition) is 1. The van der Waals surface area contributed by atoms with Gasteiger partial charge in [-0.3, -0.25) is 0 Å². The van der Waals surface area contributed by atoms with Crippen LogP contribution in [0.1, 0.15) is 25.3 Å². The van der Waals surface area contributed by atoms with Gasteiger partial charge in [0.2, 0.25) is 0 Å². The van der Waals surface area contributed by atoms with Crippen LogP contribution in [0.25, 0.3) is 0 Å². The molecule has 0 saturated carbocycles. The molecule has 1 nitrogen and oxygen atoms in total. The van der Waals surface area contributed by atoms with Crippen LogP contribution in [-0.2, 0) is 0 Å². The van der Waals surface area contributed by atoms with Crippen LogP contribution in [0.15, 0.2) is 48.3 Å². The number of allylic oxidation sites excluding steroid dienone is 3. The van der Waals surface area contributed by atoms with Crippen molar-refractivity contribution in [3.8, 4) is 5.75 Å². The minimum absolute atomic E-state index is 0.686. The highest BCUT2D eigenvalue weighted by molar-refractivity contribution is 5.30. The fourth-order valence-corrected chi connectivity index (χ4v) is 1.77. The van der Waals surface area contributed by atoms with E-state index in [-0.39, 0.29) is 0 Å². The summed E-state index contributed by atoms with van der Waals surface area (Å²) in [6, 6.07) is 8.15. The summed E-state index contributed by atoms with van der Waals surface area (Å²) in [6.45, 7) is 4.30. The first-order valence-electron chi connectivity index (χ1n) is 5.91. The second kappa shape index (κ2) is 5.02. The standard InChI is InChI=1S/C15H18O/c1-3-13-6-10-15(11-7-13)16-14-8-4-12(2)5-9-14/h4-6,8-11,13H,3,7H2,1-2H3. The second-order valence-corrected chi connectivity index (χ2v) is 4.28. The molecule has 0 N–H and O–H groups in total. The topological polar surface area (TPSA) is 9.23 Å². The number of ether oxygens (including phenoxy) is 1. The second-order valence-electron chi connectivity index (χ2n) is 4.28. The van der Waals surface area contributed by atoms with Gasteiger partial charge in [-0.15, -0.1) is 0 Å². The zero-order valence-electron chi connectivity index (χ0n) is 9.94. The summed E-state index contributed by atoms with van der Waals surface area (Å²) in [6.07, 6.45) is 8.79. The molecule has 84 valence electrons. The minimum Gasteiger partial charge on any atom is -0.458 e. The zero-order chi connectivity index (χ0) is 11.4. The molecule has 1 unspecified atom stereocenters. The molecule has 0 bridgehead atoms. The lowest BCUT2D eigenvalue weighted by Gasteiger charge is -2.14. The Balaban J connectivity index is 1.99. The van der Waals surface area contributed by atoms with Crippen molar-refractivity contribution >= 4 is 0 Å². The molecule has 0 aromatic heterocycles. The SMILES string of the molecule is CCC1C=CC(Oc2ccc(C)cc2)=CC1. The molecule has 0 aliphatic heterocycles. The summed E-state index contributed by atoms with van der Waals surface area (Å²) in [5.41, 5.74) is 1.26. The van der Waals surface area contributed by atoms with Crippen LogP contribution in [0.4, 0.5) is 0 Å². The highest BCUT2D eigenvalue weighted by Crippen LogP contribution is 2.22. The molecule has 0 heterocycles. The molecule has 1 aromatic carbocycles. The highest BCUT2D eigenvalue weighted by atomic mass is 16.5. The minimum atomic E-state index is 0.686. The molecular weight excluding hydrogens is 196 g/mol. The van der Waals surface area contributed by atoms with Gasteiger partial charge in [0.25, 0.3) is 0 Å². The predicted molar refractivity (Wildman–Crippen MR) is 67.4 cm³/mol. The summed E-state index contributed by atoms with van der Waals surface area (Å²) in [7, 11) is 0. The fourth-order valence-electron chi connectivity index (χ4n) is 1.77. The van der Waals surface area contributed by atoms with Crippen LogP contribution in [0, 0.1) is 12.8 Å². The van der Waals surface area contributed by atoms with Gasteiger partial charge in [0.05, 0.1) is 0 Å². The molecule has 0 fully saturated rings. The number of benzene rings is 1. The Morgan fingerprint density at radius 3 is 2.56 bits per heavy atom. The number of aryl methyl sites for hydroxylation is 1. The Hall–Kier alpha value is -1.50. The Morgan fingerprint density at radius 2 is 2.00 bits per heavy atom. The molecule has 0 saturated heterocycles. The van der Waals surface area contributed by atoms with Crippen LogP contribution >= 0.6 is 0 Å². The third kappa shape index (κ3) is 2.75. The van der Waals surface area contributed by atoms with Crippen molar-refractivity contribution in [2.45, 2.75) is 26.7 Å². The van der Waals surface area contributed by atoms with Gasteiger partial charge in [-0.2, -0.15) is 0 Å².